The van der Waals surface area contributed by atoms with E-state index in [2.05, 4.69) is 339 Å². The van der Waals surface area contributed by atoms with Crippen LogP contribution in [0.3, 0.4) is 0 Å². The molecule has 13 aromatic carbocycles. The predicted octanol–water partition coefficient (Wildman–Crippen LogP) is 24.1. The Kier molecular flexibility index (Phi) is 12.4. The van der Waals surface area contributed by atoms with Gasteiger partial charge in [0.1, 0.15) is 0 Å². The SMILES string of the molecule is [2H]c1c([2H])c([2H])c(-c2ccc3c(c2)N(c2cccc4c2oc2c(-n5c6ccccc6c6cc(C(C)(C)C)ccc65)cccc24)c2cc(C(C)(C)C)cc4c2B3c2ccc(-n3c5ccc(C(C)(C)C)cc5c5cc(C(C)(C)C)ccc53)cc2N4c2cc(-c3ccccc3)cc(-c3ccccc3)c2)c([2H])c1[2H]. The van der Waals surface area contributed by atoms with Crippen molar-refractivity contribution in [2.45, 2.75) is 105 Å². The molecule has 5 nitrogen and oxygen atoms in total. The van der Waals surface area contributed by atoms with E-state index >= 15 is 0 Å². The second-order valence-corrected chi connectivity index (χ2v) is 31.8. The van der Waals surface area contributed by atoms with Gasteiger partial charge in [0.15, 0.2) is 11.2 Å². The maximum Gasteiger partial charge on any atom is 0.252 e. The highest BCUT2D eigenvalue weighted by molar-refractivity contribution is 7.00. The lowest BCUT2D eigenvalue weighted by atomic mass is 9.33. The molecule has 3 aromatic heterocycles. The number of nitrogens with zero attached hydrogens (tertiary/aromatic N) is 4. The van der Waals surface area contributed by atoms with Gasteiger partial charge in [0.25, 0.3) is 6.71 Å². The largest absolute Gasteiger partial charge is 0.452 e. The molecular weight excluding hydrogens is 1210 g/mol. The summed E-state index contributed by atoms with van der Waals surface area (Å²) < 4.78 is 58.4. The standard InChI is InChI=1S/C94H81BN4O/c1-91(2,3)64-41-47-81-73(52-64)70-32-22-23-35-78(70)98(81)82-36-24-33-71-72-34-25-37-83(90(72)100-89(71)82)99-84-51-61(58-26-16-13-17-27-58)38-43-76(84)95-77-44-42-68(96-79-45-39-65(92(4,5)6)53-74(79)75-54-66(93(7,8)9)40-46-80(75)96)57-85(77)97(86-55-67(94(10,11)12)56-87(99)88(86)95)69-49-62(59-28-18-14-19-29-59)48-63(50-69)60-30-20-15-21-31-60/h13-57H,1-12H3/i13D,16D,17D,26D,27D. The Morgan fingerprint density at radius 1 is 0.290 bits per heavy atom. The first kappa shape index (κ1) is 55.9. The minimum atomic E-state index is -0.436. The first-order valence-electron chi connectivity index (χ1n) is 37.7. The summed E-state index contributed by atoms with van der Waals surface area (Å²) in [7, 11) is 0. The van der Waals surface area contributed by atoms with Gasteiger partial charge in [0.05, 0.1) is 40.3 Å². The first-order valence-corrected chi connectivity index (χ1v) is 35.2. The lowest BCUT2D eigenvalue weighted by molar-refractivity contribution is 0.590. The van der Waals surface area contributed by atoms with Crippen LogP contribution in [0.15, 0.2) is 277 Å². The first-order chi connectivity index (χ1) is 50.2. The van der Waals surface area contributed by atoms with E-state index in [1.807, 2.05) is 6.07 Å². The van der Waals surface area contributed by atoms with Crippen LogP contribution in [0.25, 0.3) is 110 Å². The fourth-order valence-corrected chi connectivity index (χ4v) is 16.0. The number of hydrogen-bond donors (Lipinski definition) is 0. The van der Waals surface area contributed by atoms with Crippen LogP contribution >= 0.6 is 0 Å². The van der Waals surface area contributed by atoms with E-state index in [1.54, 1.807) is 0 Å². The summed E-state index contributed by atoms with van der Waals surface area (Å²) in [4.78, 5) is 4.90. The highest BCUT2D eigenvalue weighted by atomic mass is 16.3. The second kappa shape index (κ2) is 22.2. The third kappa shape index (κ3) is 9.72. The predicted molar refractivity (Wildman–Crippen MR) is 428 cm³/mol. The summed E-state index contributed by atoms with van der Waals surface area (Å²) in [5, 5.41) is 6.66. The Morgan fingerprint density at radius 2 is 0.760 bits per heavy atom. The summed E-state index contributed by atoms with van der Waals surface area (Å²) in [5.74, 6) is 0. The molecule has 16 aromatic rings. The van der Waals surface area contributed by atoms with Crippen LogP contribution in [0.2, 0.25) is 0 Å². The van der Waals surface area contributed by atoms with Crippen LogP contribution in [0.5, 0.6) is 0 Å². The van der Waals surface area contributed by atoms with Gasteiger partial charge in [-0.15, -0.1) is 0 Å². The number of anilines is 6. The maximum atomic E-state index is 9.53. The van der Waals surface area contributed by atoms with Gasteiger partial charge in [-0.2, -0.15) is 0 Å². The number of hydrogen-bond acceptors (Lipinski definition) is 3. The van der Waals surface area contributed by atoms with Crippen molar-refractivity contribution < 1.29 is 11.3 Å². The number of para-hydroxylation sites is 3. The van der Waals surface area contributed by atoms with Crippen LogP contribution in [-0.4, -0.2) is 15.8 Å². The Hall–Kier alpha value is -11.1. The lowest BCUT2D eigenvalue weighted by Gasteiger charge is -2.45. The van der Waals surface area contributed by atoms with Gasteiger partial charge < -0.3 is 23.4 Å². The second-order valence-electron chi connectivity index (χ2n) is 31.8. The molecule has 5 heterocycles. The Bertz CT molecular complexity index is 6200. The molecule has 0 fully saturated rings. The minimum Gasteiger partial charge on any atom is -0.452 e. The third-order valence-electron chi connectivity index (χ3n) is 21.4. The van der Waals surface area contributed by atoms with E-state index in [-0.39, 0.29) is 46.0 Å². The van der Waals surface area contributed by atoms with Gasteiger partial charge in [0.2, 0.25) is 0 Å². The van der Waals surface area contributed by atoms with Crippen molar-refractivity contribution in [2.75, 3.05) is 9.80 Å². The maximum absolute atomic E-state index is 9.53. The van der Waals surface area contributed by atoms with Gasteiger partial charge >= 0.3 is 0 Å². The van der Waals surface area contributed by atoms with Crippen molar-refractivity contribution >= 4 is 123 Å². The molecule has 0 atom stereocenters. The van der Waals surface area contributed by atoms with E-state index in [9.17, 15) is 2.74 Å². The Labute approximate surface area is 594 Å². The van der Waals surface area contributed by atoms with E-state index in [1.165, 1.54) is 32.8 Å². The lowest BCUT2D eigenvalue weighted by Crippen LogP contribution is -2.61. The average molecular weight is 1300 g/mol. The highest BCUT2D eigenvalue weighted by Gasteiger charge is 2.45. The molecule has 2 aliphatic rings. The summed E-state index contributed by atoms with van der Waals surface area (Å²) in [6.07, 6.45) is 0. The smallest absolute Gasteiger partial charge is 0.252 e. The van der Waals surface area contributed by atoms with E-state index in [4.69, 9.17) is 8.53 Å². The topological polar surface area (TPSA) is 29.5 Å². The van der Waals surface area contributed by atoms with E-state index < -0.39 is 18.2 Å². The molecule has 0 bridgehead atoms. The molecule has 18 rings (SSSR count). The molecule has 0 unspecified atom stereocenters. The Morgan fingerprint density at radius 3 is 1.33 bits per heavy atom. The van der Waals surface area contributed by atoms with Gasteiger partial charge in [-0.3, -0.25) is 0 Å². The van der Waals surface area contributed by atoms with Crippen LogP contribution in [0, 0.1) is 0 Å². The molecule has 0 spiro atoms. The highest BCUT2D eigenvalue weighted by Crippen LogP contribution is 2.52. The molecule has 486 valence electrons. The third-order valence-corrected chi connectivity index (χ3v) is 21.4. The van der Waals surface area contributed by atoms with Crippen molar-refractivity contribution in [1.29, 1.82) is 0 Å². The quantitative estimate of drug-likeness (QED) is 0.149. The number of furan rings is 1. The van der Waals surface area contributed by atoms with Crippen LogP contribution < -0.4 is 26.2 Å². The van der Waals surface area contributed by atoms with Gasteiger partial charge in [-0.05, 0) is 197 Å². The van der Waals surface area contributed by atoms with Crippen molar-refractivity contribution in [2.24, 2.45) is 0 Å². The molecule has 2 aliphatic heterocycles. The van der Waals surface area contributed by atoms with E-state index in [0.29, 0.717) is 11.1 Å². The van der Waals surface area contributed by atoms with Gasteiger partial charge in [0, 0.05) is 66.4 Å². The molecule has 0 saturated heterocycles. The molecule has 6 heteroatoms. The summed E-state index contributed by atoms with van der Waals surface area (Å²) in [6, 6.07) is 87.4. The Balaban J connectivity index is 0.955. The number of fused-ring (bicyclic) bond motifs is 13. The molecule has 0 saturated carbocycles. The minimum absolute atomic E-state index is 0.0614. The average Bonchev–Trinajstić information content (AvgIpc) is 1.05. The van der Waals surface area contributed by atoms with E-state index in [0.717, 1.165) is 134 Å². The summed E-state index contributed by atoms with van der Waals surface area (Å²) in [6.45, 7) is 27.0. The zero-order valence-corrected chi connectivity index (χ0v) is 58.9. The molecule has 0 aliphatic carbocycles. The van der Waals surface area contributed by atoms with Crippen LogP contribution in [0.1, 0.15) is 112 Å². The normalized spacial score (nSPS) is 14.0. The van der Waals surface area contributed by atoms with Crippen LogP contribution in [-0.2, 0) is 21.7 Å². The van der Waals surface area contributed by atoms with Crippen molar-refractivity contribution in [3.63, 3.8) is 0 Å². The summed E-state index contributed by atoms with van der Waals surface area (Å²) >= 11 is 0. The van der Waals surface area contributed by atoms with Gasteiger partial charge in [-0.25, -0.2) is 0 Å². The fraction of sp³-hybridized carbons (Fsp3) is 0.170. The molecule has 0 radical (unpaired) electrons. The van der Waals surface area contributed by atoms with Crippen molar-refractivity contribution in [1.82, 2.24) is 9.13 Å². The zero-order valence-electron chi connectivity index (χ0n) is 63.9. The number of rotatable bonds is 7. The van der Waals surface area contributed by atoms with Crippen molar-refractivity contribution in [3.8, 4) is 44.8 Å². The fourth-order valence-electron chi connectivity index (χ4n) is 16.0. The monoisotopic (exact) mass is 1300 g/mol. The molecule has 100 heavy (non-hydrogen) atoms. The van der Waals surface area contributed by atoms with Gasteiger partial charge in [-0.1, -0.05) is 253 Å². The molecular formula is C94H81BN4O. The molecule has 0 amide bonds. The van der Waals surface area contributed by atoms with Crippen LogP contribution in [0.4, 0.5) is 34.1 Å². The number of benzene rings is 13. The summed E-state index contributed by atoms with van der Waals surface area (Å²) in [5.41, 5.74) is 25.7. The zero-order chi connectivity index (χ0) is 72.8. The molecule has 0 N–H and O–H groups in total. The number of aromatic nitrogens is 2. The van der Waals surface area contributed by atoms with Crippen molar-refractivity contribution in [3.05, 3.63) is 295 Å².